The summed E-state index contributed by atoms with van der Waals surface area (Å²) in [4.78, 5) is 0. The molecule has 17 heavy (non-hydrogen) atoms. The standard InChI is InChI=1S/C14H21NO2/c1-14(15,11-6-5-9-17-10-11)12-7-3-4-8-13(12)16-2/h3-4,7-8,11H,5-6,9-10,15H2,1-2H3. The summed E-state index contributed by atoms with van der Waals surface area (Å²) in [6.45, 7) is 3.67. The van der Waals surface area contributed by atoms with E-state index in [2.05, 4.69) is 6.92 Å². The predicted molar refractivity (Wildman–Crippen MR) is 68.1 cm³/mol. The van der Waals surface area contributed by atoms with Crippen molar-refractivity contribution in [3.8, 4) is 5.75 Å². The van der Waals surface area contributed by atoms with Gasteiger partial charge in [0.15, 0.2) is 0 Å². The van der Waals surface area contributed by atoms with Crippen LogP contribution in [0.4, 0.5) is 0 Å². The van der Waals surface area contributed by atoms with Gasteiger partial charge in [0.25, 0.3) is 0 Å². The average Bonchev–Trinajstić information content (AvgIpc) is 2.39. The van der Waals surface area contributed by atoms with Crippen molar-refractivity contribution in [1.29, 1.82) is 0 Å². The first-order chi connectivity index (χ1) is 8.16. The van der Waals surface area contributed by atoms with E-state index in [0.29, 0.717) is 5.92 Å². The molecule has 0 aliphatic carbocycles. The van der Waals surface area contributed by atoms with Crippen molar-refractivity contribution in [2.24, 2.45) is 11.7 Å². The maximum absolute atomic E-state index is 6.53. The molecule has 0 spiro atoms. The van der Waals surface area contributed by atoms with Gasteiger partial charge in [-0.2, -0.15) is 0 Å². The van der Waals surface area contributed by atoms with Crippen LogP contribution in [0, 0.1) is 5.92 Å². The van der Waals surface area contributed by atoms with Crippen LogP contribution in [0.2, 0.25) is 0 Å². The van der Waals surface area contributed by atoms with Crippen LogP contribution in [0.1, 0.15) is 25.3 Å². The minimum atomic E-state index is -0.396. The summed E-state index contributed by atoms with van der Waals surface area (Å²) in [5.74, 6) is 1.22. The van der Waals surface area contributed by atoms with E-state index in [1.54, 1.807) is 7.11 Å². The molecule has 2 rings (SSSR count). The number of para-hydroxylation sites is 1. The van der Waals surface area contributed by atoms with E-state index in [1.165, 1.54) is 0 Å². The number of rotatable bonds is 3. The Morgan fingerprint density at radius 2 is 2.18 bits per heavy atom. The Balaban J connectivity index is 2.29. The lowest BCUT2D eigenvalue weighted by atomic mass is 9.77. The summed E-state index contributed by atoms with van der Waals surface area (Å²) in [6, 6.07) is 7.99. The lowest BCUT2D eigenvalue weighted by Crippen LogP contribution is -2.45. The van der Waals surface area contributed by atoms with Gasteiger partial charge in [0.1, 0.15) is 5.75 Å². The molecule has 1 aromatic carbocycles. The molecule has 3 nitrogen and oxygen atoms in total. The highest BCUT2D eigenvalue weighted by Crippen LogP contribution is 2.36. The van der Waals surface area contributed by atoms with Crippen molar-refractivity contribution in [1.82, 2.24) is 0 Å². The lowest BCUT2D eigenvalue weighted by Gasteiger charge is -2.37. The molecule has 94 valence electrons. The summed E-state index contributed by atoms with van der Waals surface area (Å²) < 4.78 is 10.9. The van der Waals surface area contributed by atoms with Gasteiger partial charge in [0.2, 0.25) is 0 Å². The molecule has 2 N–H and O–H groups in total. The quantitative estimate of drug-likeness (QED) is 0.874. The fraction of sp³-hybridized carbons (Fsp3) is 0.571. The monoisotopic (exact) mass is 235 g/mol. The van der Waals surface area contributed by atoms with E-state index in [4.69, 9.17) is 15.2 Å². The van der Waals surface area contributed by atoms with E-state index in [0.717, 1.165) is 37.4 Å². The van der Waals surface area contributed by atoms with Gasteiger partial charge in [-0.3, -0.25) is 0 Å². The van der Waals surface area contributed by atoms with E-state index >= 15 is 0 Å². The Hall–Kier alpha value is -1.06. The molecule has 0 saturated carbocycles. The molecule has 0 aromatic heterocycles. The van der Waals surface area contributed by atoms with Gasteiger partial charge < -0.3 is 15.2 Å². The smallest absolute Gasteiger partial charge is 0.123 e. The van der Waals surface area contributed by atoms with Crippen LogP contribution in [0.25, 0.3) is 0 Å². The van der Waals surface area contributed by atoms with Crippen LogP contribution in [0.5, 0.6) is 5.75 Å². The molecule has 0 amide bonds. The van der Waals surface area contributed by atoms with Crippen molar-refractivity contribution < 1.29 is 9.47 Å². The topological polar surface area (TPSA) is 44.5 Å². The molecular formula is C14H21NO2. The van der Waals surface area contributed by atoms with Gasteiger partial charge in [0.05, 0.1) is 13.7 Å². The van der Waals surface area contributed by atoms with Gasteiger partial charge in [-0.05, 0) is 25.8 Å². The number of nitrogens with two attached hydrogens (primary N) is 1. The van der Waals surface area contributed by atoms with Crippen LogP contribution < -0.4 is 10.5 Å². The van der Waals surface area contributed by atoms with Gasteiger partial charge in [-0.1, -0.05) is 18.2 Å². The van der Waals surface area contributed by atoms with E-state index < -0.39 is 5.54 Å². The van der Waals surface area contributed by atoms with Crippen molar-refractivity contribution in [2.45, 2.75) is 25.3 Å². The molecule has 1 aromatic rings. The SMILES string of the molecule is COc1ccccc1C(C)(N)C1CCCOC1. The zero-order valence-corrected chi connectivity index (χ0v) is 10.6. The van der Waals surface area contributed by atoms with E-state index in [9.17, 15) is 0 Å². The summed E-state index contributed by atoms with van der Waals surface area (Å²) in [5.41, 5.74) is 7.20. The number of hydrogen-bond acceptors (Lipinski definition) is 3. The van der Waals surface area contributed by atoms with Crippen molar-refractivity contribution in [3.05, 3.63) is 29.8 Å². The zero-order valence-electron chi connectivity index (χ0n) is 10.6. The average molecular weight is 235 g/mol. The van der Waals surface area contributed by atoms with Gasteiger partial charge >= 0.3 is 0 Å². The van der Waals surface area contributed by atoms with Crippen LogP contribution in [-0.4, -0.2) is 20.3 Å². The van der Waals surface area contributed by atoms with E-state index in [-0.39, 0.29) is 0 Å². The third-order valence-corrected chi connectivity index (χ3v) is 3.70. The highest BCUT2D eigenvalue weighted by atomic mass is 16.5. The Bertz CT molecular complexity index is 370. The van der Waals surface area contributed by atoms with Crippen LogP contribution in [0.3, 0.4) is 0 Å². The Morgan fingerprint density at radius 3 is 2.82 bits per heavy atom. The first-order valence-electron chi connectivity index (χ1n) is 6.16. The molecule has 2 unspecified atom stereocenters. The maximum atomic E-state index is 6.53. The fourth-order valence-corrected chi connectivity index (χ4v) is 2.52. The summed E-state index contributed by atoms with van der Waals surface area (Å²) in [7, 11) is 1.69. The summed E-state index contributed by atoms with van der Waals surface area (Å²) >= 11 is 0. The fourth-order valence-electron chi connectivity index (χ4n) is 2.52. The first kappa shape index (κ1) is 12.4. The molecule has 0 radical (unpaired) electrons. The van der Waals surface area contributed by atoms with Gasteiger partial charge in [0, 0.05) is 23.6 Å². The van der Waals surface area contributed by atoms with E-state index in [1.807, 2.05) is 24.3 Å². The number of methoxy groups -OCH3 is 1. The number of benzene rings is 1. The highest BCUT2D eigenvalue weighted by Gasteiger charge is 2.35. The Labute approximate surface area is 103 Å². The van der Waals surface area contributed by atoms with Crippen molar-refractivity contribution in [3.63, 3.8) is 0 Å². The molecular weight excluding hydrogens is 214 g/mol. The normalized spacial score (nSPS) is 24.1. The second kappa shape index (κ2) is 5.07. The first-order valence-corrected chi connectivity index (χ1v) is 6.16. The molecule has 2 atom stereocenters. The molecule has 1 saturated heterocycles. The third kappa shape index (κ3) is 2.45. The van der Waals surface area contributed by atoms with Gasteiger partial charge in [-0.25, -0.2) is 0 Å². The second-order valence-electron chi connectivity index (χ2n) is 4.90. The molecule has 1 aliphatic heterocycles. The Kier molecular flexibility index (Phi) is 3.69. The minimum absolute atomic E-state index is 0.354. The van der Waals surface area contributed by atoms with Gasteiger partial charge in [-0.15, -0.1) is 0 Å². The summed E-state index contributed by atoms with van der Waals surface area (Å²) in [5, 5.41) is 0. The largest absolute Gasteiger partial charge is 0.496 e. The molecule has 1 heterocycles. The third-order valence-electron chi connectivity index (χ3n) is 3.70. The van der Waals surface area contributed by atoms with Crippen LogP contribution in [0.15, 0.2) is 24.3 Å². The number of hydrogen-bond donors (Lipinski definition) is 1. The second-order valence-corrected chi connectivity index (χ2v) is 4.90. The molecule has 0 bridgehead atoms. The molecule has 1 fully saturated rings. The highest BCUT2D eigenvalue weighted by molar-refractivity contribution is 5.39. The minimum Gasteiger partial charge on any atom is -0.496 e. The summed E-state index contributed by atoms with van der Waals surface area (Å²) in [6.07, 6.45) is 2.21. The van der Waals surface area contributed by atoms with Crippen molar-refractivity contribution in [2.75, 3.05) is 20.3 Å². The zero-order chi connectivity index (χ0) is 12.3. The maximum Gasteiger partial charge on any atom is 0.123 e. The number of ether oxygens (including phenoxy) is 2. The molecule has 3 heteroatoms. The van der Waals surface area contributed by atoms with Crippen LogP contribution >= 0.6 is 0 Å². The predicted octanol–water partition coefficient (Wildman–Crippen LogP) is 2.30. The molecule has 1 aliphatic rings. The van der Waals surface area contributed by atoms with Crippen molar-refractivity contribution >= 4 is 0 Å². The lowest BCUT2D eigenvalue weighted by molar-refractivity contribution is 0.0238. The Morgan fingerprint density at radius 1 is 1.41 bits per heavy atom. The van der Waals surface area contributed by atoms with Crippen LogP contribution in [-0.2, 0) is 10.3 Å².